The molecule has 0 unspecified atom stereocenters. The topological polar surface area (TPSA) is 88.7 Å². The summed E-state index contributed by atoms with van der Waals surface area (Å²) in [5.74, 6) is 0.768. The largest absolute Gasteiger partial charge is 0.394 e. The highest BCUT2D eigenvalue weighted by Crippen LogP contribution is 2.21. The van der Waals surface area contributed by atoms with E-state index in [0.717, 1.165) is 28.5 Å². The summed E-state index contributed by atoms with van der Waals surface area (Å²) in [5.41, 5.74) is 8.13. The van der Waals surface area contributed by atoms with Crippen molar-refractivity contribution in [3.05, 3.63) is 26.4 Å². The Morgan fingerprint density at radius 1 is 1.69 bits per heavy atom. The summed E-state index contributed by atoms with van der Waals surface area (Å²) in [7, 11) is 1.82. The summed E-state index contributed by atoms with van der Waals surface area (Å²) in [6.45, 7) is 2.38. The number of aromatic nitrogens is 3. The van der Waals surface area contributed by atoms with Crippen LogP contribution >= 0.6 is 11.3 Å². The van der Waals surface area contributed by atoms with Crippen molar-refractivity contribution >= 4 is 22.8 Å². The van der Waals surface area contributed by atoms with E-state index in [2.05, 4.69) is 15.4 Å². The van der Waals surface area contributed by atoms with Gasteiger partial charge in [-0.05, 0) is 6.92 Å². The molecular formula is C9H13N5OS. The van der Waals surface area contributed by atoms with E-state index in [4.69, 9.17) is 5.73 Å². The van der Waals surface area contributed by atoms with Crippen LogP contribution in [0.1, 0.15) is 11.4 Å². The van der Waals surface area contributed by atoms with E-state index >= 15 is 0 Å². The van der Waals surface area contributed by atoms with Crippen molar-refractivity contribution in [3.63, 3.8) is 0 Å². The number of nitrogen functional groups attached to an aromatic ring is 1. The highest BCUT2D eigenvalue weighted by molar-refractivity contribution is 7.07. The third-order valence-electron chi connectivity index (χ3n) is 2.29. The lowest BCUT2D eigenvalue weighted by Crippen LogP contribution is -2.07. The van der Waals surface area contributed by atoms with Gasteiger partial charge >= 0.3 is 4.87 Å². The summed E-state index contributed by atoms with van der Waals surface area (Å²) in [4.78, 5) is 13.6. The van der Waals surface area contributed by atoms with Gasteiger partial charge in [0.2, 0.25) is 0 Å². The molecule has 0 saturated heterocycles. The molecule has 0 atom stereocenters. The van der Waals surface area contributed by atoms with E-state index in [1.165, 1.54) is 0 Å². The third-order valence-corrected chi connectivity index (χ3v) is 3.00. The summed E-state index contributed by atoms with van der Waals surface area (Å²) in [5, 5.41) is 9.12. The number of rotatable bonds is 3. The highest BCUT2D eigenvalue weighted by atomic mass is 32.1. The predicted molar refractivity (Wildman–Crippen MR) is 64.6 cm³/mol. The number of aromatic amines is 1. The molecule has 0 aromatic carbocycles. The molecule has 0 fully saturated rings. The van der Waals surface area contributed by atoms with Gasteiger partial charge in [-0.25, -0.2) is 0 Å². The monoisotopic (exact) mass is 239 g/mol. The Hall–Kier alpha value is -1.76. The number of hydrogen-bond donors (Lipinski definition) is 3. The van der Waals surface area contributed by atoms with Crippen LogP contribution in [0.4, 0.5) is 11.5 Å². The van der Waals surface area contributed by atoms with Crippen molar-refractivity contribution in [1.29, 1.82) is 0 Å². The Morgan fingerprint density at radius 3 is 2.94 bits per heavy atom. The van der Waals surface area contributed by atoms with Crippen molar-refractivity contribution in [2.45, 2.75) is 13.5 Å². The van der Waals surface area contributed by atoms with Crippen LogP contribution in [-0.4, -0.2) is 14.8 Å². The average Bonchev–Trinajstić information content (AvgIpc) is 2.72. The van der Waals surface area contributed by atoms with E-state index in [0.29, 0.717) is 12.2 Å². The van der Waals surface area contributed by atoms with E-state index in [1.807, 2.05) is 14.0 Å². The molecule has 7 heteroatoms. The fraction of sp³-hybridized carbons (Fsp3) is 0.333. The first-order valence-corrected chi connectivity index (χ1v) is 5.65. The zero-order valence-electron chi connectivity index (χ0n) is 9.07. The van der Waals surface area contributed by atoms with Gasteiger partial charge in [-0.15, -0.1) is 0 Å². The van der Waals surface area contributed by atoms with Gasteiger partial charge in [-0.1, -0.05) is 11.3 Å². The molecule has 0 bridgehead atoms. The second kappa shape index (κ2) is 4.01. The van der Waals surface area contributed by atoms with Crippen LogP contribution in [0.5, 0.6) is 0 Å². The van der Waals surface area contributed by atoms with Gasteiger partial charge in [-0.3, -0.25) is 9.48 Å². The lowest BCUT2D eigenvalue weighted by atomic mass is 10.4. The average molecular weight is 239 g/mol. The van der Waals surface area contributed by atoms with E-state index in [9.17, 15) is 4.79 Å². The summed E-state index contributed by atoms with van der Waals surface area (Å²) >= 11 is 1.15. The number of nitrogens with zero attached hydrogens (tertiary/aromatic N) is 2. The molecule has 4 N–H and O–H groups in total. The van der Waals surface area contributed by atoms with Gasteiger partial charge in [0.25, 0.3) is 0 Å². The van der Waals surface area contributed by atoms with Gasteiger partial charge < -0.3 is 16.0 Å². The number of nitrogens with two attached hydrogens (primary N) is 1. The molecule has 6 nitrogen and oxygen atoms in total. The maximum atomic E-state index is 10.9. The minimum atomic E-state index is -0.0500. The molecule has 0 spiro atoms. The summed E-state index contributed by atoms with van der Waals surface area (Å²) < 4.78 is 1.69. The molecule has 0 aliphatic heterocycles. The van der Waals surface area contributed by atoms with Crippen LogP contribution in [0.25, 0.3) is 0 Å². The van der Waals surface area contributed by atoms with E-state index in [1.54, 1.807) is 10.1 Å². The van der Waals surface area contributed by atoms with Gasteiger partial charge in [-0.2, -0.15) is 5.10 Å². The Labute approximate surface area is 96.1 Å². The fourth-order valence-electron chi connectivity index (χ4n) is 1.46. The Kier molecular flexibility index (Phi) is 2.69. The normalized spacial score (nSPS) is 10.6. The van der Waals surface area contributed by atoms with Crippen LogP contribution in [0.3, 0.4) is 0 Å². The van der Waals surface area contributed by atoms with E-state index in [-0.39, 0.29) is 4.87 Å². The molecule has 0 saturated carbocycles. The summed E-state index contributed by atoms with van der Waals surface area (Å²) in [6.07, 6.45) is 0. The lowest BCUT2D eigenvalue weighted by molar-refractivity contribution is 0.757. The smallest absolute Gasteiger partial charge is 0.304 e. The van der Waals surface area contributed by atoms with Crippen molar-refractivity contribution in [2.75, 3.05) is 11.1 Å². The van der Waals surface area contributed by atoms with Crippen molar-refractivity contribution in [3.8, 4) is 0 Å². The maximum absolute atomic E-state index is 10.9. The number of hydrogen-bond acceptors (Lipinski definition) is 5. The molecule has 0 amide bonds. The zero-order chi connectivity index (χ0) is 11.7. The summed E-state index contributed by atoms with van der Waals surface area (Å²) in [6, 6.07) is 0. The number of nitrogens with one attached hydrogen (secondary N) is 2. The molecular weight excluding hydrogens is 226 g/mol. The Morgan fingerprint density at radius 2 is 2.44 bits per heavy atom. The molecule has 0 radical (unpaired) electrons. The Balaban J connectivity index is 2.13. The fourth-order valence-corrected chi connectivity index (χ4v) is 2.05. The van der Waals surface area contributed by atoms with Crippen LogP contribution in [-0.2, 0) is 13.6 Å². The Bertz CT molecular complexity index is 552. The quantitative estimate of drug-likeness (QED) is 0.734. The highest BCUT2D eigenvalue weighted by Gasteiger charge is 2.09. The number of anilines is 2. The third kappa shape index (κ3) is 1.94. The minimum Gasteiger partial charge on any atom is -0.394 e. The molecule has 2 aromatic heterocycles. The lowest BCUT2D eigenvalue weighted by Gasteiger charge is -2.05. The number of H-pyrrole nitrogens is 1. The number of aryl methyl sites for hydroxylation is 2. The second-order valence-electron chi connectivity index (χ2n) is 3.50. The molecule has 2 rings (SSSR count). The molecule has 2 aromatic rings. The van der Waals surface area contributed by atoms with Gasteiger partial charge in [0, 0.05) is 18.1 Å². The maximum Gasteiger partial charge on any atom is 0.304 e. The second-order valence-corrected chi connectivity index (χ2v) is 4.34. The number of thiazole rings is 1. The molecule has 86 valence electrons. The molecule has 0 aliphatic carbocycles. The predicted octanol–water partition coefficient (Wildman–Crippen LogP) is 0.673. The van der Waals surface area contributed by atoms with Crippen molar-refractivity contribution < 1.29 is 0 Å². The van der Waals surface area contributed by atoms with Crippen molar-refractivity contribution in [2.24, 2.45) is 7.05 Å². The van der Waals surface area contributed by atoms with Crippen LogP contribution < -0.4 is 15.9 Å². The first-order valence-electron chi connectivity index (χ1n) is 4.77. The van der Waals surface area contributed by atoms with Crippen LogP contribution in [0, 0.1) is 6.92 Å². The van der Waals surface area contributed by atoms with Gasteiger partial charge in [0.15, 0.2) is 0 Å². The molecule has 16 heavy (non-hydrogen) atoms. The first-order chi connectivity index (χ1) is 7.58. The van der Waals surface area contributed by atoms with Gasteiger partial charge in [0.1, 0.15) is 5.82 Å². The van der Waals surface area contributed by atoms with Crippen molar-refractivity contribution in [1.82, 2.24) is 14.8 Å². The first kappa shape index (κ1) is 10.7. The zero-order valence-corrected chi connectivity index (χ0v) is 9.89. The van der Waals surface area contributed by atoms with Gasteiger partial charge in [0.05, 0.1) is 17.9 Å². The van der Waals surface area contributed by atoms with E-state index < -0.39 is 0 Å². The standard InChI is InChI=1S/C9H13N5OS/c1-5-7(10)8(14(2)13-5)11-3-6-4-16-9(15)12-6/h4,11H,3,10H2,1-2H3,(H,12,15). The van der Waals surface area contributed by atoms with Crippen LogP contribution in [0.2, 0.25) is 0 Å². The molecule has 2 heterocycles. The SMILES string of the molecule is Cc1nn(C)c(NCc2csc(=O)[nH]2)c1N. The molecule has 0 aliphatic rings. The van der Waals surface area contributed by atoms with Crippen LogP contribution in [0.15, 0.2) is 10.2 Å². The minimum absolute atomic E-state index is 0.0500.